The largest absolute Gasteiger partial charge is 0.508 e. The average molecular weight is 233 g/mol. The average Bonchev–Trinajstić information content (AvgIpc) is 2.28. The zero-order valence-electron chi connectivity index (χ0n) is 9.87. The molecular formula is C12H15N3O2. The van der Waals surface area contributed by atoms with Crippen molar-refractivity contribution in [2.45, 2.75) is 26.4 Å². The van der Waals surface area contributed by atoms with Crippen LogP contribution < -0.4 is 0 Å². The van der Waals surface area contributed by atoms with Gasteiger partial charge >= 0.3 is 12.1 Å². The van der Waals surface area contributed by atoms with Gasteiger partial charge in [-0.2, -0.15) is 4.79 Å². The number of carbonyl (C=O) groups excluding carboxylic acids is 1. The van der Waals surface area contributed by atoms with E-state index in [4.69, 9.17) is 10.6 Å². The van der Waals surface area contributed by atoms with Crippen LogP contribution in [0.4, 0.5) is 0 Å². The molecule has 0 bridgehead atoms. The van der Waals surface area contributed by atoms with Crippen LogP contribution in [0.2, 0.25) is 0 Å². The fourth-order valence-corrected chi connectivity index (χ4v) is 1.44. The van der Waals surface area contributed by atoms with Crippen molar-refractivity contribution in [3.63, 3.8) is 0 Å². The summed E-state index contributed by atoms with van der Waals surface area (Å²) < 4.78 is 0. The van der Waals surface area contributed by atoms with Crippen molar-refractivity contribution in [3.8, 4) is 5.75 Å². The third-order valence-electron chi connectivity index (χ3n) is 2.36. The van der Waals surface area contributed by atoms with Gasteiger partial charge in [0.25, 0.3) is 0 Å². The molecule has 1 rings (SSSR count). The molecule has 0 spiro atoms. The quantitative estimate of drug-likeness (QED) is 0.485. The van der Waals surface area contributed by atoms with Crippen LogP contribution in [0.5, 0.6) is 5.75 Å². The second-order valence-electron chi connectivity index (χ2n) is 3.97. The van der Waals surface area contributed by atoms with E-state index < -0.39 is 0 Å². The van der Waals surface area contributed by atoms with Crippen molar-refractivity contribution >= 4 is 12.1 Å². The zero-order chi connectivity index (χ0) is 12.8. The van der Waals surface area contributed by atoms with E-state index in [1.54, 1.807) is 29.2 Å². The molecule has 0 unspecified atom stereocenters. The third kappa shape index (κ3) is 3.74. The summed E-state index contributed by atoms with van der Waals surface area (Å²) in [4.78, 5) is 15.9. The molecule has 90 valence electrons. The lowest BCUT2D eigenvalue weighted by Gasteiger charge is -2.23. The van der Waals surface area contributed by atoms with Crippen LogP contribution in [-0.4, -0.2) is 33.0 Å². The highest BCUT2D eigenvalue weighted by atomic mass is 16.3. The Morgan fingerprint density at radius 2 is 2.06 bits per heavy atom. The van der Waals surface area contributed by atoms with E-state index in [-0.39, 0.29) is 17.7 Å². The van der Waals surface area contributed by atoms with Crippen LogP contribution in [0, 0.1) is 0 Å². The number of carbonyl (C=O) groups is 1. The number of rotatable bonds is 4. The second-order valence-corrected chi connectivity index (χ2v) is 3.97. The van der Waals surface area contributed by atoms with Crippen LogP contribution in [0.15, 0.2) is 24.3 Å². The van der Waals surface area contributed by atoms with Gasteiger partial charge < -0.3 is 15.5 Å². The first-order chi connectivity index (χ1) is 8.04. The summed E-state index contributed by atoms with van der Waals surface area (Å²) in [6, 6.07) is 6.62. The molecule has 1 amide bonds. The Hall–Kier alpha value is -2.13. The molecule has 0 aliphatic heterocycles. The van der Waals surface area contributed by atoms with E-state index in [1.165, 1.54) is 0 Å². The van der Waals surface area contributed by atoms with Gasteiger partial charge in [-0.3, -0.25) is 4.79 Å². The van der Waals surface area contributed by atoms with E-state index in [9.17, 15) is 4.79 Å². The minimum atomic E-state index is -0.351. The molecule has 0 saturated carbocycles. The van der Waals surface area contributed by atoms with Gasteiger partial charge in [0.15, 0.2) is 0 Å². The zero-order valence-corrected chi connectivity index (χ0v) is 9.87. The van der Waals surface area contributed by atoms with Crippen LogP contribution in [-0.2, 0) is 11.3 Å². The van der Waals surface area contributed by atoms with E-state index in [0.717, 1.165) is 11.8 Å². The first-order valence-electron chi connectivity index (χ1n) is 5.30. The van der Waals surface area contributed by atoms with Crippen LogP contribution in [0.3, 0.4) is 0 Å². The van der Waals surface area contributed by atoms with Crippen molar-refractivity contribution < 1.29 is 14.7 Å². The summed E-state index contributed by atoms with van der Waals surface area (Å²) >= 11 is 0. The molecular weight excluding hydrogens is 218 g/mol. The molecule has 1 aromatic rings. The standard InChI is InChI=1S/C12H15N3O2/c1-9(2)15(12(17)7-14-13)8-10-3-5-11(16)6-4-10/h3-7,9,16H,8H2,1-2H3. The summed E-state index contributed by atoms with van der Waals surface area (Å²) in [6.07, 6.45) is 0.875. The minimum absolute atomic E-state index is 0.00527. The molecule has 0 radical (unpaired) electrons. The smallest absolute Gasteiger partial charge is 0.344 e. The topological polar surface area (TPSA) is 76.9 Å². The number of hydrogen-bond donors (Lipinski definition) is 1. The molecule has 0 atom stereocenters. The first-order valence-corrected chi connectivity index (χ1v) is 5.30. The van der Waals surface area contributed by atoms with Gasteiger partial charge in [-0.1, -0.05) is 12.1 Å². The predicted molar refractivity (Wildman–Crippen MR) is 63.5 cm³/mol. The Kier molecular flexibility index (Phi) is 4.43. The van der Waals surface area contributed by atoms with Crippen LogP contribution >= 0.6 is 0 Å². The van der Waals surface area contributed by atoms with Crippen molar-refractivity contribution in [2.24, 2.45) is 0 Å². The summed E-state index contributed by atoms with van der Waals surface area (Å²) in [6.45, 7) is 4.16. The van der Waals surface area contributed by atoms with E-state index >= 15 is 0 Å². The molecule has 1 aromatic carbocycles. The number of amides is 1. The number of phenolic OH excluding ortho intramolecular Hbond substituents is 1. The lowest BCUT2D eigenvalue weighted by molar-refractivity contribution is -0.129. The Labute approximate surface area is 99.9 Å². The second kappa shape index (κ2) is 5.82. The van der Waals surface area contributed by atoms with Crippen molar-refractivity contribution in [1.82, 2.24) is 4.90 Å². The molecule has 0 aromatic heterocycles. The minimum Gasteiger partial charge on any atom is -0.508 e. The van der Waals surface area contributed by atoms with Gasteiger partial charge in [-0.15, -0.1) is 0 Å². The fourth-order valence-electron chi connectivity index (χ4n) is 1.44. The van der Waals surface area contributed by atoms with Crippen molar-refractivity contribution in [2.75, 3.05) is 0 Å². The van der Waals surface area contributed by atoms with E-state index in [2.05, 4.69) is 4.79 Å². The van der Waals surface area contributed by atoms with Gasteiger partial charge in [-0.05, 0) is 31.5 Å². The number of phenols is 1. The summed E-state index contributed by atoms with van der Waals surface area (Å²) in [5, 5.41) is 9.16. The number of benzene rings is 1. The molecule has 5 heteroatoms. The summed E-state index contributed by atoms with van der Waals surface area (Å²) in [5.41, 5.74) is 9.26. The third-order valence-corrected chi connectivity index (χ3v) is 2.36. The maximum Gasteiger partial charge on any atom is 0.344 e. The van der Waals surface area contributed by atoms with Gasteiger partial charge in [0.2, 0.25) is 0 Å². The Balaban J connectivity index is 2.83. The van der Waals surface area contributed by atoms with Gasteiger partial charge in [0, 0.05) is 12.6 Å². The van der Waals surface area contributed by atoms with Gasteiger partial charge in [0.05, 0.1) is 0 Å². The maximum atomic E-state index is 11.6. The molecule has 0 heterocycles. The lowest BCUT2D eigenvalue weighted by atomic mass is 10.2. The molecule has 1 N–H and O–H groups in total. The highest BCUT2D eigenvalue weighted by Gasteiger charge is 2.18. The summed E-state index contributed by atoms with van der Waals surface area (Å²) in [7, 11) is 0. The molecule has 0 aliphatic carbocycles. The number of nitrogens with zero attached hydrogens (tertiary/aromatic N) is 3. The van der Waals surface area contributed by atoms with Gasteiger partial charge in [-0.25, -0.2) is 0 Å². The summed E-state index contributed by atoms with van der Waals surface area (Å²) in [5.74, 6) is -0.163. The van der Waals surface area contributed by atoms with Crippen LogP contribution in [0.1, 0.15) is 19.4 Å². The lowest BCUT2D eigenvalue weighted by Crippen LogP contribution is -2.37. The molecule has 5 nitrogen and oxygen atoms in total. The predicted octanol–water partition coefficient (Wildman–Crippen LogP) is 1.43. The van der Waals surface area contributed by atoms with Crippen LogP contribution in [0.25, 0.3) is 5.53 Å². The van der Waals surface area contributed by atoms with Crippen molar-refractivity contribution in [3.05, 3.63) is 35.4 Å². The molecule has 0 saturated heterocycles. The maximum absolute atomic E-state index is 11.6. The Bertz CT molecular complexity index is 434. The monoisotopic (exact) mass is 233 g/mol. The molecule has 17 heavy (non-hydrogen) atoms. The number of aromatic hydroxyl groups is 1. The van der Waals surface area contributed by atoms with Gasteiger partial charge in [0.1, 0.15) is 5.75 Å². The fraction of sp³-hybridized carbons (Fsp3) is 0.333. The Morgan fingerprint density at radius 1 is 1.47 bits per heavy atom. The highest BCUT2D eigenvalue weighted by Crippen LogP contribution is 2.13. The molecule has 0 fully saturated rings. The van der Waals surface area contributed by atoms with E-state index in [0.29, 0.717) is 6.54 Å². The first kappa shape index (κ1) is 12.9. The highest BCUT2D eigenvalue weighted by molar-refractivity contribution is 6.23. The molecule has 0 aliphatic rings. The normalized spacial score (nSPS) is 9.82. The Morgan fingerprint density at radius 3 is 2.53 bits per heavy atom. The van der Waals surface area contributed by atoms with E-state index in [1.807, 2.05) is 13.8 Å². The number of hydrogen-bond acceptors (Lipinski definition) is 2. The SMILES string of the molecule is CC(C)N(Cc1ccc(O)cc1)C(=O)C=[N+]=[N-]. The van der Waals surface area contributed by atoms with Crippen molar-refractivity contribution in [1.29, 1.82) is 0 Å².